The molecule has 2 aliphatic carbocycles. The van der Waals surface area contributed by atoms with Crippen LogP contribution < -0.4 is 10.2 Å². The smallest absolute Gasteiger partial charge is 0.249 e. The van der Waals surface area contributed by atoms with Gasteiger partial charge in [0, 0.05) is 5.56 Å². The zero-order valence-electron chi connectivity index (χ0n) is 12.6. The van der Waals surface area contributed by atoms with Crippen LogP contribution in [0.1, 0.15) is 37.3 Å². The number of hydrazone groups is 1. The number of hydrogen-bond acceptors (Lipinski definition) is 3. The van der Waals surface area contributed by atoms with E-state index in [1.807, 2.05) is 18.2 Å². The number of carbonyl (C=O) groups is 1. The average molecular weight is 341 g/mol. The summed E-state index contributed by atoms with van der Waals surface area (Å²) in [6.45, 7) is 1.75. The molecule has 0 heterocycles. The fourth-order valence-corrected chi connectivity index (χ4v) is 3.48. The molecule has 1 atom stereocenters. The lowest BCUT2D eigenvalue weighted by Crippen LogP contribution is -2.31. The van der Waals surface area contributed by atoms with Crippen LogP contribution in [0.15, 0.2) is 23.3 Å². The minimum Gasteiger partial charge on any atom is -0.497 e. The Balaban J connectivity index is 1.78. The fraction of sp³-hybridized carbons (Fsp3) is 0.500. The maximum atomic E-state index is 12.2. The van der Waals surface area contributed by atoms with Crippen molar-refractivity contribution >= 4 is 34.8 Å². The molecule has 0 spiro atoms. The standard InChI is InChI=1S/C16H18Cl2N2O2/c1-15(9-16(15,17)18)14(21)20-19-13-5-3-4-10-8-11(22-2)6-7-12(10)13/h6-8H,3-5,9H2,1-2H3,(H,20,21)/b19-13-/t15-/m1/s1. The number of hydrogen-bond donors (Lipinski definition) is 1. The SMILES string of the molecule is COc1ccc2c(c1)CCC/C2=N/NC(=O)[C@@]1(C)CC1(Cl)Cl. The Kier molecular flexibility index (Phi) is 3.86. The maximum Gasteiger partial charge on any atom is 0.249 e. The quantitative estimate of drug-likeness (QED) is 0.676. The van der Waals surface area contributed by atoms with E-state index < -0.39 is 9.75 Å². The highest BCUT2D eigenvalue weighted by Gasteiger charge is 2.68. The molecule has 3 rings (SSSR count). The Morgan fingerprint density at radius 3 is 2.73 bits per heavy atom. The number of amides is 1. The molecule has 0 bridgehead atoms. The highest BCUT2D eigenvalue weighted by Crippen LogP contribution is 2.63. The molecule has 1 fully saturated rings. The van der Waals surface area contributed by atoms with Gasteiger partial charge in [0.05, 0.1) is 18.2 Å². The van der Waals surface area contributed by atoms with Crippen molar-refractivity contribution in [2.24, 2.45) is 10.5 Å². The van der Waals surface area contributed by atoms with Crippen molar-refractivity contribution in [3.05, 3.63) is 29.3 Å². The van der Waals surface area contributed by atoms with Crippen LogP contribution in [0, 0.1) is 5.41 Å². The Morgan fingerprint density at radius 2 is 2.09 bits per heavy atom. The second-order valence-electron chi connectivity index (χ2n) is 6.09. The third-order valence-electron chi connectivity index (χ3n) is 4.53. The van der Waals surface area contributed by atoms with E-state index in [9.17, 15) is 4.79 Å². The number of rotatable bonds is 3. The second-order valence-corrected chi connectivity index (χ2v) is 7.57. The van der Waals surface area contributed by atoms with Crippen LogP contribution in [-0.4, -0.2) is 23.1 Å². The summed E-state index contributed by atoms with van der Waals surface area (Å²) in [6, 6.07) is 5.92. The number of ether oxygens (including phenoxy) is 1. The minimum atomic E-state index is -0.977. The summed E-state index contributed by atoms with van der Waals surface area (Å²) in [5.41, 5.74) is 5.02. The molecule has 118 valence electrons. The molecular formula is C16H18Cl2N2O2. The van der Waals surface area contributed by atoms with Gasteiger partial charge in [-0.05, 0) is 56.4 Å². The summed E-state index contributed by atoms with van der Waals surface area (Å²) < 4.78 is 4.27. The van der Waals surface area contributed by atoms with Gasteiger partial charge in [0.25, 0.3) is 0 Å². The topological polar surface area (TPSA) is 50.7 Å². The van der Waals surface area contributed by atoms with Gasteiger partial charge in [-0.2, -0.15) is 5.10 Å². The van der Waals surface area contributed by atoms with Crippen molar-refractivity contribution in [1.29, 1.82) is 0 Å². The number of benzene rings is 1. The van der Waals surface area contributed by atoms with Crippen LogP contribution >= 0.6 is 23.2 Å². The lowest BCUT2D eigenvalue weighted by Gasteiger charge is -2.19. The molecule has 22 heavy (non-hydrogen) atoms. The first-order valence-corrected chi connectivity index (χ1v) is 8.05. The first kappa shape index (κ1) is 15.6. The normalized spacial score (nSPS) is 27.2. The van der Waals surface area contributed by atoms with Gasteiger partial charge in [0.2, 0.25) is 5.91 Å². The van der Waals surface area contributed by atoms with Gasteiger partial charge in [-0.3, -0.25) is 4.79 Å². The Bertz CT molecular complexity index is 658. The van der Waals surface area contributed by atoms with Crippen molar-refractivity contribution in [3.8, 4) is 5.75 Å². The summed E-state index contributed by atoms with van der Waals surface area (Å²) in [5, 5.41) is 4.31. The number of nitrogens with one attached hydrogen (secondary N) is 1. The number of halogens is 2. The number of fused-ring (bicyclic) bond motifs is 1. The first-order chi connectivity index (χ1) is 10.4. The number of aryl methyl sites for hydroxylation is 1. The molecule has 0 aromatic heterocycles. The van der Waals surface area contributed by atoms with E-state index in [4.69, 9.17) is 27.9 Å². The van der Waals surface area contributed by atoms with E-state index in [1.54, 1.807) is 14.0 Å². The van der Waals surface area contributed by atoms with Crippen molar-refractivity contribution in [2.75, 3.05) is 7.11 Å². The largest absolute Gasteiger partial charge is 0.497 e. The van der Waals surface area contributed by atoms with Crippen molar-refractivity contribution < 1.29 is 9.53 Å². The lowest BCUT2D eigenvalue weighted by molar-refractivity contribution is -0.125. The van der Waals surface area contributed by atoms with E-state index >= 15 is 0 Å². The van der Waals surface area contributed by atoms with E-state index in [0.717, 1.165) is 36.3 Å². The number of nitrogens with zero attached hydrogens (tertiary/aromatic N) is 1. The lowest BCUT2D eigenvalue weighted by atomic mass is 9.90. The molecule has 1 aromatic rings. The molecule has 1 amide bonds. The fourth-order valence-electron chi connectivity index (χ4n) is 2.77. The summed E-state index contributed by atoms with van der Waals surface area (Å²) in [4.78, 5) is 12.2. The highest BCUT2D eigenvalue weighted by atomic mass is 35.5. The summed E-state index contributed by atoms with van der Waals surface area (Å²) >= 11 is 12.0. The second kappa shape index (κ2) is 5.43. The van der Waals surface area contributed by atoms with E-state index in [1.165, 1.54) is 5.56 Å². The van der Waals surface area contributed by atoms with Crippen LogP contribution in [0.4, 0.5) is 0 Å². The maximum absolute atomic E-state index is 12.2. The van der Waals surface area contributed by atoms with E-state index in [0.29, 0.717) is 6.42 Å². The van der Waals surface area contributed by atoms with Crippen LogP contribution in [-0.2, 0) is 11.2 Å². The van der Waals surface area contributed by atoms with Gasteiger partial charge < -0.3 is 4.74 Å². The van der Waals surface area contributed by atoms with Crippen LogP contribution in [0.3, 0.4) is 0 Å². The Morgan fingerprint density at radius 1 is 1.36 bits per heavy atom. The summed E-state index contributed by atoms with van der Waals surface area (Å²) in [6.07, 6.45) is 3.28. The van der Waals surface area contributed by atoms with Gasteiger partial charge in [0.1, 0.15) is 10.1 Å². The molecule has 0 saturated heterocycles. The monoisotopic (exact) mass is 340 g/mol. The van der Waals surface area contributed by atoms with Gasteiger partial charge in [-0.1, -0.05) is 0 Å². The van der Waals surface area contributed by atoms with Gasteiger partial charge in [-0.25, -0.2) is 5.43 Å². The molecule has 1 aromatic carbocycles. The molecule has 2 aliphatic rings. The van der Waals surface area contributed by atoms with Crippen LogP contribution in [0.2, 0.25) is 0 Å². The Labute approximate surface area is 139 Å². The average Bonchev–Trinajstić information content (AvgIpc) is 3.03. The van der Waals surface area contributed by atoms with Crippen molar-refractivity contribution in [2.45, 2.75) is 36.9 Å². The zero-order valence-corrected chi connectivity index (χ0v) is 14.1. The van der Waals surface area contributed by atoms with Crippen molar-refractivity contribution in [3.63, 3.8) is 0 Å². The molecule has 0 unspecified atom stereocenters. The zero-order chi connectivity index (χ0) is 16.0. The Hall–Kier alpha value is -1.26. The van der Waals surface area contributed by atoms with Gasteiger partial charge in [0.15, 0.2) is 0 Å². The van der Waals surface area contributed by atoms with Crippen LogP contribution in [0.5, 0.6) is 5.75 Å². The predicted octanol–water partition coefficient (Wildman–Crippen LogP) is 3.44. The van der Waals surface area contributed by atoms with E-state index in [2.05, 4.69) is 10.5 Å². The van der Waals surface area contributed by atoms with Crippen molar-refractivity contribution in [1.82, 2.24) is 5.43 Å². The third kappa shape index (κ3) is 2.59. The van der Waals surface area contributed by atoms with E-state index in [-0.39, 0.29) is 5.91 Å². The molecule has 6 heteroatoms. The first-order valence-electron chi connectivity index (χ1n) is 7.29. The van der Waals surface area contributed by atoms with Crippen LogP contribution in [0.25, 0.3) is 0 Å². The molecule has 1 saturated carbocycles. The predicted molar refractivity (Wildman–Crippen MR) is 87.8 cm³/mol. The minimum absolute atomic E-state index is 0.231. The summed E-state index contributed by atoms with van der Waals surface area (Å²) in [7, 11) is 1.65. The number of carbonyl (C=O) groups excluding carboxylic acids is 1. The third-order valence-corrected chi connectivity index (χ3v) is 5.64. The van der Waals surface area contributed by atoms with Gasteiger partial charge >= 0.3 is 0 Å². The molecule has 0 aliphatic heterocycles. The molecule has 1 N–H and O–H groups in total. The molecular weight excluding hydrogens is 323 g/mol. The number of alkyl halides is 2. The molecule has 4 nitrogen and oxygen atoms in total. The highest BCUT2D eigenvalue weighted by molar-refractivity contribution is 6.53. The summed E-state index contributed by atoms with van der Waals surface area (Å²) in [5.74, 6) is 0.606. The number of methoxy groups -OCH3 is 1. The molecule has 0 radical (unpaired) electrons. The van der Waals surface area contributed by atoms with Gasteiger partial charge in [-0.15, -0.1) is 23.2 Å².